The van der Waals surface area contributed by atoms with E-state index in [0.29, 0.717) is 12.5 Å². The zero-order valence-corrected chi connectivity index (χ0v) is 13.2. The normalized spacial score (nSPS) is 16.3. The van der Waals surface area contributed by atoms with E-state index in [9.17, 15) is 4.79 Å². The first-order chi connectivity index (χ1) is 10.1. The van der Waals surface area contributed by atoms with E-state index in [-0.39, 0.29) is 12.0 Å². The third-order valence-corrected chi connectivity index (χ3v) is 3.79. The fourth-order valence-electron chi connectivity index (χ4n) is 2.75. The second-order valence-corrected chi connectivity index (χ2v) is 5.75. The lowest BCUT2D eigenvalue weighted by Crippen LogP contribution is -2.42. The number of carbonyl (C=O) groups excluding carboxylic acids is 1. The van der Waals surface area contributed by atoms with Crippen LogP contribution in [0.4, 0.5) is 0 Å². The maximum Gasteiger partial charge on any atom is 0.227 e. The number of piperidine rings is 1. The van der Waals surface area contributed by atoms with Crippen molar-refractivity contribution in [2.24, 2.45) is 0 Å². The maximum atomic E-state index is 12.4. The topological polar surface area (TPSA) is 38.8 Å². The molecule has 1 aromatic rings. The number of nitrogens with zero attached hydrogens (tertiary/aromatic N) is 1. The number of hydrogen-bond acceptors (Lipinski definition) is 3. The highest BCUT2D eigenvalue weighted by Crippen LogP contribution is 2.20. The van der Waals surface area contributed by atoms with Crippen molar-refractivity contribution in [3.05, 3.63) is 29.8 Å². The van der Waals surface area contributed by atoms with E-state index in [1.54, 1.807) is 7.11 Å². The molecular formula is C17H25NO3. The molecule has 4 heteroatoms. The van der Waals surface area contributed by atoms with Crippen LogP contribution in [-0.4, -0.2) is 43.2 Å². The maximum absolute atomic E-state index is 12.4. The standard InChI is InChI=1S/C17H25NO3/c1-13(2)21-15-8-10-18(11-9-15)17(19)12-14-6-4-5-7-16(14)20-3/h4-7,13,15H,8-12H2,1-3H3. The average Bonchev–Trinajstić information content (AvgIpc) is 2.48. The minimum atomic E-state index is 0.169. The average molecular weight is 291 g/mol. The van der Waals surface area contributed by atoms with Gasteiger partial charge in [0, 0.05) is 18.7 Å². The molecule has 0 spiro atoms. The molecule has 0 N–H and O–H groups in total. The molecule has 0 radical (unpaired) electrons. The Morgan fingerprint density at radius 3 is 2.57 bits per heavy atom. The third-order valence-electron chi connectivity index (χ3n) is 3.79. The Labute approximate surface area is 127 Å². The SMILES string of the molecule is COc1ccccc1CC(=O)N1CCC(OC(C)C)CC1. The largest absolute Gasteiger partial charge is 0.496 e. The molecule has 1 saturated heterocycles. The number of rotatable bonds is 5. The van der Waals surface area contributed by atoms with Gasteiger partial charge in [0.25, 0.3) is 0 Å². The van der Waals surface area contributed by atoms with E-state index in [0.717, 1.165) is 37.2 Å². The molecule has 2 rings (SSSR count). The van der Waals surface area contributed by atoms with Gasteiger partial charge in [-0.25, -0.2) is 0 Å². The van der Waals surface area contributed by atoms with Gasteiger partial charge in [0.15, 0.2) is 0 Å². The van der Waals surface area contributed by atoms with Crippen molar-refractivity contribution < 1.29 is 14.3 Å². The second-order valence-electron chi connectivity index (χ2n) is 5.75. The van der Waals surface area contributed by atoms with Gasteiger partial charge in [0.1, 0.15) is 5.75 Å². The summed E-state index contributed by atoms with van der Waals surface area (Å²) in [5.74, 6) is 0.950. The summed E-state index contributed by atoms with van der Waals surface area (Å²) in [7, 11) is 1.64. The van der Waals surface area contributed by atoms with E-state index in [1.807, 2.05) is 29.2 Å². The lowest BCUT2D eigenvalue weighted by Gasteiger charge is -2.33. The van der Waals surface area contributed by atoms with Gasteiger partial charge < -0.3 is 14.4 Å². The second kappa shape index (κ2) is 7.46. The molecule has 0 aromatic heterocycles. The summed E-state index contributed by atoms with van der Waals surface area (Å²) in [6, 6.07) is 7.70. The first-order valence-corrected chi connectivity index (χ1v) is 7.65. The summed E-state index contributed by atoms with van der Waals surface area (Å²) >= 11 is 0. The van der Waals surface area contributed by atoms with E-state index in [4.69, 9.17) is 9.47 Å². The number of likely N-dealkylation sites (tertiary alicyclic amines) is 1. The van der Waals surface area contributed by atoms with Gasteiger partial charge in [-0.3, -0.25) is 4.79 Å². The van der Waals surface area contributed by atoms with Crippen LogP contribution in [0, 0.1) is 0 Å². The quantitative estimate of drug-likeness (QED) is 0.837. The fraction of sp³-hybridized carbons (Fsp3) is 0.588. The molecule has 1 heterocycles. The summed E-state index contributed by atoms with van der Waals surface area (Å²) < 4.78 is 11.1. The van der Waals surface area contributed by atoms with Crippen LogP contribution < -0.4 is 4.74 Å². The monoisotopic (exact) mass is 291 g/mol. The predicted octanol–water partition coefficient (Wildman–Crippen LogP) is 2.65. The van der Waals surface area contributed by atoms with Crippen molar-refractivity contribution >= 4 is 5.91 Å². The van der Waals surface area contributed by atoms with Crippen LogP contribution >= 0.6 is 0 Å². The van der Waals surface area contributed by atoms with Crippen molar-refractivity contribution in [1.29, 1.82) is 0 Å². The zero-order chi connectivity index (χ0) is 15.2. The molecule has 0 saturated carbocycles. The molecule has 4 nitrogen and oxygen atoms in total. The minimum absolute atomic E-state index is 0.169. The molecule has 0 bridgehead atoms. The van der Waals surface area contributed by atoms with Crippen LogP contribution in [0.3, 0.4) is 0 Å². The molecule has 0 aliphatic carbocycles. The van der Waals surface area contributed by atoms with Crippen LogP contribution in [0.25, 0.3) is 0 Å². The molecule has 1 aliphatic rings. The van der Waals surface area contributed by atoms with Crippen LogP contribution in [0.1, 0.15) is 32.3 Å². The van der Waals surface area contributed by atoms with Gasteiger partial charge in [0.05, 0.1) is 25.7 Å². The van der Waals surface area contributed by atoms with Crippen molar-refractivity contribution in [3.8, 4) is 5.75 Å². The Balaban J connectivity index is 1.87. The molecule has 116 valence electrons. The van der Waals surface area contributed by atoms with Gasteiger partial charge in [-0.2, -0.15) is 0 Å². The minimum Gasteiger partial charge on any atom is -0.496 e. The smallest absolute Gasteiger partial charge is 0.227 e. The molecule has 1 aliphatic heterocycles. The number of amides is 1. The first kappa shape index (κ1) is 15.8. The van der Waals surface area contributed by atoms with Gasteiger partial charge in [-0.1, -0.05) is 18.2 Å². The van der Waals surface area contributed by atoms with Gasteiger partial charge in [-0.15, -0.1) is 0 Å². The van der Waals surface area contributed by atoms with E-state index in [1.165, 1.54) is 0 Å². The number of benzene rings is 1. The number of hydrogen-bond donors (Lipinski definition) is 0. The lowest BCUT2D eigenvalue weighted by molar-refractivity contribution is -0.133. The van der Waals surface area contributed by atoms with Crippen molar-refractivity contribution in [1.82, 2.24) is 4.90 Å². The summed E-state index contributed by atoms with van der Waals surface area (Å²) in [5.41, 5.74) is 0.950. The zero-order valence-electron chi connectivity index (χ0n) is 13.2. The van der Waals surface area contributed by atoms with Crippen LogP contribution in [0.5, 0.6) is 5.75 Å². The highest BCUT2D eigenvalue weighted by molar-refractivity contribution is 5.79. The Kier molecular flexibility index (Phi) is 5.62. The van der Waals surface area contributed by atoms with Gasteiger partial charge in [-0.05, 0) is 32.8 Å². The van der Waals surface area contributed by atoms with Crippen LogP contribution in [-0.2, 0) is 16.0 Å². The third kappa shape index (κ3) is 4.46. The highest BCUT2D eigenvalue weighted by atomic mass is 16.5. The molecule has 1 aromatic carbocycles. The van der Waals surface area contributed by atoms with Gasteiger partial charge in [0.2, 0.25) is 5.91 Å². The summed E-state index contributed by atoms with van der Waals surface area (Å²) in [6.07, 6.45) is 2.80. The summed E-state index contributed by atoms with van der Waals surface area (Å²) in [6.45, 7) is 5.68. The number of carbonyl (C=O) groups is 1. The lowest BCUT2D eigenvalue weighted by atomic mass is 10.1. The summed E-state index contributed by atoms with van der Waals surface area (Å²) in [4.78, 5) is 14.3. The van der Waals surface area contributed by atoms with Crippen molar-refractivity contribution in [2.45, 2.75) is 45.3 Å². The molecule has 0 atom stereocenters. The van der Waals surface area contributed by atoms with Crippen LogP contribution in [0.2, 0.25) is 0 Å². The molecule has 0 unspecified atom stereocenters. The van der Waals surface area contributed by atoms with Crippen LogP contribution in [0.15, 0.2) is 24.3 Å². The highest BCUT2D eigenvalue weighted by Gasteiger charge is 2.24. The molecule has 1 amide bonds. The Morgan fingerprint density at radius 1 is 1.29 bits per heavy atom. The van der Waals surface area contributed by atoms with E-state index in [2.05, 4.69) is 13.8 Å². The predicted molar refractivity (Wildman–Crippen MR) is 82.5 cm³/mol. The first-order valence-electron chi connectivity index (χ1n) is 7.65. The molecule has 21 heavy (non-hydrogen) atoms. The fourth-order valence-corrected chi connectivity index (χ4v) is 2.75. The van der Waals surface area contributed by atoms with E-state index >= 15 is 0 Å². The number of methoxy groups -OCH3 is 1. The Hall–Kier alpha value is -1.55. The van der Waals surface area contributed by atoms with Crippen molar-refractivity contribution in [3.63, 3.8) is 0 Å². The number of ether oxygens (including phenoxy) is 2. The van der Waals surface area contributed by atoms with Crippen molar-refractivity contribution in [2.75, 3.05) is 20.2 Å². The Morgan fingerprint density at radius 2 is 1.95 bits per heavy atom. The molecule has 1 fully saturated rings. The molecular weight excluding hydrogens is 266 g/mol. The summed E-state index contributed by atoms with van der Waals surface area (Å²) in [5, 5.41) is 0. The Bertz CT molecular complexity index is 465. The van der Waals surface area contributed by atoms with E-state index < -0.39 is 0 Å². The van der Waals surface area contributed by atoms with Gasteiger partial charge >= 0.3 is 0 Å². The number of para-hydroxylation sites is 1.